The van der Waals surface area contributed by atoms with E-state index < -0.39 is 36.4 Å². The zero-order chi connectivity index (χ0) is 19.8. The van der Waals surface area contributed by atoms with Crippen molar-refractivity contribution in [3.8, 4) is 0 Å². The fourth-order valence-electron chi connectivity index (χ4n) is 3.13. The lowest BCUT2D eigenvalue weighted by molar-refractivity contribution is -0.163. The number of nitrogens with one attached hydrogen (secondary N) is 2. The first-order chi connectivity index (χ1) is 12.9. The molecule has 1 aliphatic heterocycles. The van der Waals surface area contributed by atoms with E-state index in [0.29, 0.717) is 5.52 Å². The zero-order valence-electron chi connectivity index (χ0n) is 14.8. The van der Waals surface area contributed by atoms with Crippen molar-refractivity contribution >= 4 is 28.9 Å². The molecule has 0 spiro atoms. The number of aliphatic hydroxyl groups excluding tert-OH is 2. The number of hydrazine groups is 2. The largest absolute Gasteiger partial charge is 0.465 e. The number of rotatable bonds is 6. The number of esters is 1. The van der Waals surface area contributed by atoms with Crippen LogP contribution in [0, 0.1) is 5.41 Å². The summed E-state index contributed by atoms with van der Waals surface area (Å²) < 4.78 is 12.2. The molecule has 4 unspecified atom stereocenters. The number of carbonyl (C=O) groups is 1. The average Bonchev–Trinajstić information content (AvgIpc) is 3.21. The normalized spacial score (nSPS) is 27.7. The summed E-state index contributed by atoms with van der Waals surface area (Å²) in [5, 5.41) is 20.6. The Morgan fingerprint density at radius 2 is 2.19 bits per heavy atom. The third-order valence-electron chi connectivity index (χ3n) is 4.70. The van der Waals surface area contributed by atoms with Crippen LogP contribution < -0.4 is 22.5 Å². The van der Waals surface area contributed by atoms with Crippen LogP contribution in [-0.4, -0.2) is 61.1 Å². The number of nitrogens with two attached hydrogens (primary N) is 2. The molecule has 0 aromatic carbocycles. The summed E-state index contributed by atoms with van der Waals surface area (Å²) in [7, 11) is 0. The minimum absolute atomic E-state index is 0.0524. The molecule has 2 aromatic rings. The molecule has 2 aromatic heterocycles. The van der Waals surface area contributed by atoms with Gasteiger partial charge in [-0.15, -0.1) is 0 Å². The molecule has 27 heavy (non-hydrogen) atoms. The van der Waals surface area contributed by atoms with Crippen molar-refractivity contribution in [2.75, 3.05) is 24.1 Å². The van der Waals surface area contributed by atoms with Gasteiger partial charge in [-0.3, -0.25) is 14.8 Å². The van der Waals surface area contributed by atoms with Gasteiger partial charge in [-0.1, -0.05) is 0 Å². The predicted octanol–water partition coefficient (Wildman–Crippen LogP) is -1.78. The number of nitrogens with zero attached hydrogens (tertiary/aromatic N) is 4. The van der Waals surface area contributed by atoms with E-state index in [1.807, 2.05) is 0 Å². The monoisotopic (exact) mass is 382 g/mol. The van der Waals surface area contributed by atoms with Crippen LogP contribution in [0.15, 0.2) is 6.33 Å². The highest BCUT2D eigenvalue weighted by Gasteiger charge is 2.59. The zero-order valence-corrected chi connectivity index (χ0v) is 14.8. The van der Waals surface area contributed by atoms with Crippen LogP contribution >= 0.6 is 0 Å². The second-order valence-corrected chi connectivity index (χ2v) is 6.15. The summed E-state index contributed by atoms with van der Waals surface area (Å²) in [6, 6.07) is 0. The second kappa shape index (κ2) is 7.21. The molecule has 0 radical (unpaired) electrons. The lowest BCUT2D eigenvalue weighted by Crippen LogP contribution is -2.47. The first kappa shape index (κ1) is 19.2. The highest BCUT2D eigenvalue weighted by Crippen LogP contribution is 2.45. The van der Waals surface area contributed by atoms with Crippen molar-refractivity contribution in [1.29, 1.82) is 0 Å². The van der Waals surface area contributed by atoms with Gasteiger partial charge in [0.2, 0.25) is 5.95 Å². The Labute approximate surface area is 153 Å². The van der Waals surface area contributed by atoms with Gasteiger partial charge in [0, 0.05) is 0 Å². The lowest BCUT2D eigenvalue weighted by Gasteiger charge is -2.28. The van der Waals surface area contributed by atoms with Gasteiger partial charge < -0.3 is 25.1 Å². The summed E-state index contributed by atoms with van der Waals surface area (Å²) in [4.78, 5) is 24.9. The highest BCUT2D eigenvalue weighted by atomic mass is 16.6. The first-order valence-electron chi connectivity index (χ1n) is 8.21. The number of anilines is 2. The maximum Gasteiger partial charge on any atom is 0.317 e. The van der Waals surface area contributed by atoms with E-state index in [2.05, 4.69) is 25.8 Å². The van der Waals surface area contributed by atoms with Crippen LogP contribution in [0.2, 0.25) is 0 Å². The van der Waals surface area contributed by atoms with Gasteiger partial charge in [0.05, 0.1) is 19.5 Å². The Kier molecular flexibility index (Phi) is 5.12. The smallest absolute Gasteiger partial charge is 0.317 e. The number of aliphatic hydroxyl groups is 2. The fourth-order valence-corrected chi connectivity index (χ4v) is 3.13. The molecular formula is C14H22N8O5. The van der Waals surface area contributed by atoms with Crippen molar-refractivity contribution in [2.45, 2.75) is 32.3 Å². The second-order valence-electron chi connectivity index (χ2n) is 6.15. The number of aromatic nitrogens is 4. The molecule has 1 fully saturated rings. The molecule has 13 nitrogen and oxygen atoms in total. The van der Waals surface area contributed by atoms with Gasteiger partial charge in [-0.05, 0) is 13.8 Å². The van der Waals surface area contributed by atoms with Gasteiger partial charge in [0.15, 0.2) is 23.2 Å². The highest BCUT2D eigenvalue weighted by molar-refractivity contribution is 5.84. The van der Waals surface area contributed by atoms with Crippen molar-refractivity contribution in [1.82, 2.24) is 19.5 Å². The third kappa shape index (κ3) is 2.85. The average molecular weight is 382 g/mol. The van der Waals surface area contributed by atoms with E-state index in [-0.39, 0.29) is 24.0 Å². The van der Waals surface area contributed by atoms with Crippen molar-refractivity contribution in [3.05, 3.63) is 6.33 Å². The summed E-state index contributed by atoms with van der Waals surface area (Å²) in [6.45, 7) is 2.76. The van der Waals surface area contributed by atoms with E-state index in [1.54, 1.807) is 6.92 Å². The number of ether oxygens (including phenoxy) is 2. The molecule has 4 atom stereocenters. The van der Waals surface area contributed by atoms with Gasteiger partial charge >= 0.3 is 5.97 Å². The van der Waals surface area contributed by atoms with E-state index in [0.717, 1.165) is 0 Å². The summed E-state index contributed by atoms with van der Waals surface area (Å²) in [6.07, 6.45) is -2.04. The van der Waals surface area contributed by atoms with E-state index in [9.17, 15) is 15.0 Å². The number of carbonyl (C=O) groups excluding carboxylic acids is 1. The van der Waals surface area contributed by atoms with Crippen molar-refractivity contribution < 1.29 is 24.5 Å². The van der Waals surface area contributed by atoms with Crippen LogP contribution in [-0.2, 0) is 14.3 Å². The van der Waals surface area contributed by atoms with Gasteiger partial charge in [-0.25, -0.2) is 16.7 Å². The summed E-state index contributed by atoms with van der Waals surface area (Å²) in [5.41, 5.74) is 3.77. The molecule has 3 heterocycles. The number of nitrogen functional groups attached to an aromatic ring is 2. The van der Waals surface area contributed by atoms with Crippen LogP contribution in [0.1, 0.15) is 20.1 Å². The lowest BCUT2D eigenvalue weighted by atomic mass is 9.80. The minimum atomic E-state index is -1.48. The van der Waals surface area contributed by atoms with E-state index in [4.69, 9.17) is 21.2 Å². The number of imidazole rings is 1. The summed E-state index contributed by atoms with van der Waals surface area (Å²) in [5.74, 6) is 10.4. The van der Waals surface area contributed by atoms with Gasteiger partial charge in [0.25, 0.3) is 0 Å². The van der Waals surface area contributed by atoms with Crippen LogP contribution in [0.4, 0.5) is 11.8 Å². The van der Waals surface area contributed by atoms with Crippen molar-refractivity contribution in [3.63, 3.8) is 0 Å². The van der Waals surface area contributed by atoms with Crippen molar-refractivity contribution in [2.24, 2.45) is 17.1 Å². The Morgan fingerprint density at radius 3 is 2.78 bits per heavy atom. The molecule has 1 aliphatic rings. The van der Waals surface area contributed by atoms with Crippen LogP contribution in [0.25, 0.3) is 11.2 Å². The standard InChI is InChI=1S/C14H22N8O5/c1-3-26-12(25)14(2)6(4-23)27-11(8(14)24)22-5-17-7-9(20-15)18-13(21-16)19-10(7)22/h5-6,8,11,23-24H,3-4,15-16H2,1-2H3,(H2,18,19,20,21). The molecule has 0 aliphatic carbocycles. The molecule has 0 saturated carbocycles. The number of fused-ring (bicyclic) bond motifs is 1. The van der Waals surface area contributed by atoms with E-state index in [1.165, 1.54) is 17.8 Å². The number of hydrogen-bond acceptors (Lipinski definition) is 12. The Hall–Kier alpha value is -2.58. The molecule has 3 rings (SSSR count). The first-order valence-corrected chi connectivity index (χ1v) is 8.21. The minimum Gasteiger partial charge on any atom is -0.465 e. The molecule has 148 valence electrons. The molecule has 8 N–H and O–H groups in total. The van der Waals surface area contributed by atoms with Gasteiger partial charge in [0.1, 0.15) is 17.6 Å². The fraction of sp³-hybridized carbons (Fsp3) is 0.571. The maximum atomic E-state index is 12.4. The Bertz CT molecular complexity index is 844. The Morgan fingerprint density at radius 1 is 1.44 bits per heavy atom. The van der Waals surface area contributed by atoms with E-state index >= 15 is 0 Å². The molecular weight excluding hydrogens is 360 g/mol. The quantitative estimate of drug-likeness (QED) is 0.187. The third-order valence-corrected chi connectivity index (χ3v) is 4.70. The maximum absolute atomic E-state index is 12.4. The molecule has 0 bridgehead atoms. The molecule has 1 saturated heterocycles. The van der Waals surface area contributed by atoms with Crippen LogP contribution in [0.5, 0.6) is 0 Å². The summed E-state index contributed by atoms with van der Waals surface area (Å²) >= 11 is 0. The molecule has 13 heteroatoms. The SMILES string of the molecule is CCOC(=O)C1(C)C(CO)OC(n2cnc3c(NN)nc(NN)nc32)C1O. The topological polar surface area (TPSA) is 196 Å². The molecule has 0 amide bonds. The number of hydrogen-bond donors (Lipinski definition) is 6. The van der Waals surface area contributed by atoms with Gasteiger partial charge in [-0.2, -0.15) is 9.97 Å². The van der Waals surface area contributed by atoms with Crippen LogP contribution in [0.3, 0.4) is 0 Å². The predicted molar refractivity (Wildman–Crippen MR) is 92.7 cm³/mol. The Balaban J connectivity index is 2.08.